The first kappa shape index (κ1) is 19.1. The first-order chi connectivity index (χ1) is 11.9. The smallest absolute Gasteiger partial charge is 0.258 e. The molecule has 0 aliphatic carbocycles. The van der Waals surface area contributed by atoms with E-state index in [1.165, 1.54) is 0 Å². The molecule has 25 heavy (non-hydrogen) atoms. The molecule has 1 amide bonds. The summed E-state index contributed by atoms with van der Waals surface area (Å²) < 4.78 is 10.8. The fraction of sp³-hybridized carbons (Fsp3) is 0.350. The maximum atomic E-state index is 12.2. The van der Waals surface area contributed by atoms with E-state index < -0.39 is 0 Å². The SMILES string of the molecule is CC[C@@H](NC(=O)COc1cc(C)c(Cl)c(C)c1)c1ccc(OC)cc1. The number of carbonyl (C=O) groups excluding carboxylic acids is 1. The first-order valence-electron chi connectivity index (χ1n) is 8.27. The third-order valence-electron chi connectivity index (χ3n) is 4.04. The van der Waals surface area contributed by atoms with Gasteiger partial charge in [0.15, 0.2) is 6.61 Å². The van der Waals surface area contributed by atoms with Gasteiger partial charge in [-0.2, -0.15) is 0 Å². The number of hydrogen-bond acceptors (Lipinski definition) is 3. The Bertz CT molecular complexity index is 705. The van der Waals surface area contributed by atoms with Crippen LogP contribution in [0.3, 0.4) is 0 Å². The monoisotopic (exact) mass is 361 g/mol. The molecule has 0 saturated heterocycles. The second-order valence-corrected chi connectivity index (χ2v) is 6.34. The second-order valence-electron chi connectivity index (χ2n) is 5.96. The molecule has 0 bridgehead atoms. The summed E-state index contributed by atoms with van der Waals surface area (Å²) in [5, 5.41) is 3.72. The molecule has 0 saturated carbocycles. The highest BCUT2D eigenvalue weighted by atomic mass is 35.5. The van der Waals surface area contributed by atoms with E-state index in [0.717, 1.165) is 33.9 Å². The number of amides is 1. The third-order valence-corrected chi connectivity index (χ3v) is 4.64. The van der Waals surface area contributed by atoms with Gasteiger partial charge in [-0.1, -0.05) is 30.7 Å². The maximum Gasteiger partial charge on any atom is 0.258 e. The maximum absolute atomic E-state index is 12.2. The van der Waals surface area contributed by atoms with Gasteiger partial charge in [-0.05, 0) is 61.2 Å². The Morgan fingerprint density at radius 2 is 1.72 bits per heavy atom. The van der Waals surface area contributed by atoms with Gasteiger partial charge >= 0.3 is 0 Å². The van der Waals surface area contributed by atoms with Gasteiger partial charge in [0.05, 0.1) is 13.2 Å². The van der Waals surface area contributed by atoms with Gasteiger partial charge < -0.3 is 14.8 Å². The van der Waals surface area contributed by atoms with E-state index in [9.17, 15) is 4.79 Å². The third kappa shape index (κ3) is 5.13. The number of hydrogen-bond donors (Lipinski definition) is 1. The number of rotatable bonds is 7. The molecular weight excluding hydrogens is 338 g/mol. The molecule has 0 heterocycles. The van der Waals surface area contributed by atoms with Gasteiger partial charge in [0.2, 0.25) is 0 Å². The molecule has 2 aromatic carbocycles. The van der Waals surface area contributed by atoms with Crippen LogP contribution in [-0.4, -0.2) is 19.6 Å². The number of aryl methyl sites for hydroxylation is 2. The zero-order valence-electron chi connectivity index (χ0n) is 15.1. The van der Waals surface area contributed by atoms with E-state index in [2.05, 4.69) is 5.32 Å². The molecule has 0 unspecified atom stereocenters. The topological polar surface area (TPSA) is 47.6 Å². The fourth-order valence-corrected chi connectivity index (χ4v) is 2.74. The highest BCUT2D eigenvalue weighted by Gasteiger charge is 2.14. The minimum atomic E-state index is -0.159. The van der Waals surface area contributed by atoms with Crippen molar-refractivity contribution in [2.75, 3.05) is 13.7 Å². The van der Waals surface area contributed by atoms with Crippen LogP contribution < -0.4 is 14.8 Å². The van der Waals surface area contributed by atoms with Crippen molar-refractivity contribution < 1.29 is 14.3 Å². The van der Waals surface area contributed by atoms with Gasteiger partial charge in [0.25, 0.3) is 5.91 Å². The Hall–Kier alpha value is -2.20. The van der Waals surface area contributed by atoms with Crippen LogP contribution in [0.4, 0.5) is 0 Å². The zero-order chi connectivity index (χ0) is 18.4. The molecule has 5 heteroatoms. The lowest BCUT2D eigenvalue weighted by molar-refractivity contribution is -0.123. The summed E-state index contributed by atoms with van der Waals surface area (Å²) in [4.78, 5) is 12.2. The van der Waals surface area contributed by atoms with Crippen molar-refractivity contribution in [3.63, 3.8) is 0 Å². The number of methoxy groups -OCH3 is 1. The molecule has 134 valence electrons. The molecule has 0 radical (unpaired) electrons. The second kappa shape index (κ2) is 8.77. The summed E-state index contributed by atoms with van der Waals surface area (Å²) in [5.41, 5.74) is 2.90. The highest BCUT2D eigenvalue weighted by molar-refractivity contribution is 6.32. The molecule has 1 N–H and O–H groups in total. The molecule has 4 nitrogen and oxygen atoms in total. The number of benzene rings is 2. The van der Waals surface area contributed by atoms with Crippen LogP contribution in [0.25, 0.3) is 0 Å². The van der Waals surface area contributed by atoms with Crippen LogP contribution in [0.2, 0.25) is 5.02 Å². The largest absolute Gasteiger partial charge is 0.497 e. The Morgan fingerprint density at radius 3 is 2.24 bits per heavy atom. The van der Waals surface area contributed by atoms with E-state index in [-0.39, 0.29) is 18.6 Å². The summed E-state index contributed by atoms with van der Waals surface area (Å²) in [6, 6.07) is 11.3. The van der Waals surface area contributed by atoms with E-state index in [1.54, 1.807) is 7.11 Å². The standard InChI is InChI=1S/C20H24ClNO3/c1-5-18(15-6-8-16(24-4)9-7-15)22-19(23)12-25-17-10-13(2)20(21)14(3)11-17/h6-11,18H,5,12H2,1-4H3,(H,22,23)/t18-/m1/s1. The lowest BCUT2D eigenvalue weighted by Crippen LogP contribution is -2.32. The van der Waals surface area contributed by atoms with Crippen molar-refractivity contribution in [1.29, 1.82) is 0 Å². The molecule has 1 atom stereocenters. The predicted octanol–water partition coefficient (Wildman–Crippen LogP) is 4.61. The normalized spacial score (nSPS) is 11.7. The minimum Gasteiger partial charge on any atom is -0.497 e. The number of nitrogens with one attached hydrogen (secondary N) is 1. The average molecular weight is 362 g/mol. The molecular formula is C20H24ClNO3. The van der Waals surface area contributed by atoms with Crippen molar-refractivity contribution in [2.45, 2.75) is 33.2 Å². The summed E-state index contributed by atoms with van der Waals surface area (Å²) >= 11 is 6.15. The van der Waals surface area contributed by atoms with E-state index in [4.69, 9.17) is 21.1 Å². The van der Waals surface area contributed by atoms with Gasteiger partial charge in [-0.3, -0.25) is 4.79 Å². The summed E-state index contributed by atoms with van der Waals surface area (Å²) in [6.45, 7) is 5.83. The molecule has 0 fully saturated rings. The Morgan fingerprint density at radius 1 is 1.12 bits per heavy atom. The Balaban J connectivity index is 1.95. The number of ether oxygens (including phenoxy) is 2. The van der Waals surface area contributed by atoms with E-state index in [0.29, 0.717) is 5.75 Å². The van der Waals surface area contributed by atoms with Gasteiger partial charge in [-0.15, -0.1) is 0 Å². The fourth-order valence-electron chi connectivity index (χ4n) is 2.63. The van der Waals surface area contributed by atoms with Crippen molar-refractivity contribution in [3.8, 4) is 11.5 Å². The Labute approximate surface area is 154 Å². The van der Waals surface area contributed by atoms with Crippen LogP contribution >= 0.6 is 11.6 Å². The summed E-state index contributed by atoms with van der Waals surface area (Å²) in [5.74, 6) is 1.28. The first-order valence-corrected chi connectivity index (χ1v) is 8.65. The molecule has 0 aliphatic heterocycles. The van der Waals surface area contributed by atoms with Gasteiger partial charge in [0, 0.05) is 5.02 Å². The highest BCUT2D eigenvalue weighted by Crippen LogP contribution is 2.26. The lowest BCUT2D eigenvalue weighted by Gasteiger charge is -2.18. The Kier molecular flexibility index (Phi) is 6.71. The lowest BCUT2D eigenvalue weighted by atomic mass is 10.0. The van der Waals surface area contributed by atoms with Crippen molar-refractivity contribution in [2.24, 2.45) is 0 Å². The van der Waals surface area contributed by atoms with Crippen molar-refractivity contribution >= 4 is 17.5 Å². The van der Waals surface area contributed by atoms with E-state index >= 15 is 0 Å². The summed E-state index contributed by atoms with van der Waals surface area (Å²) in [6.07, 6.45) is 0.789. The molecule has 0 aliphatic rings. The van der Waals surface area contributed by atoms with Crippen LogP contribution in [0.1, 0.15) is 36.1 Å². The van der Waals surface area contributed by atoms with Crippen LogP contribution in [-0.2, 0) is 4.79 Å². The van der Waals surface area contributed by atoms with Crippen molar-refractivity contribution in [1.82, 2.24) is 5.32 Å². The quantitative estimate of drug-likeness (QED) is 0.783. The van der Waals surface area contributed by atoms with Gasteiger partial charge in [-0.25, -0.2) is 0 Å². The summed E-state index contributed by atoms with van der Waals surface area (Å²) in [7, 11) is 1.63. The molecule has 0 spiro atoms. The zero-order valence-corrected chi connectivity index (χ0v) is 15.8. The number of carbonyl (C=O) groups is 1. The van der Waals surface area contributed by atoms with Crippen LogP contribution in [0, 0.1) is 13.8 Å². The van der Waals surface area contributed by atoms with Gasteiger partial charge in [0.1, 0.15) is 11.5 Å². The number of halogens is 1. The average Bonchev–Trinajstić information content (AvgIpc) is 2.62. The molecule has 2 aromatic rings. The minimum absolute atomic E-state index is 0.0346. The van der Waals surface area contributed by atoms with E-state index in [1.807, 2.05) is 57.2 Å². The molecule has 2 rings (SSSR count). The molecule has 0 aromatic heterocycles. The predicted molar refractivity (Wildman–Crippen MR) is 101 cm³/mol. The van der Waals surface area contributed by atoms with Crippen molar-refractivity contribution in [3.05, 3.63) is 58.1 Å². The van der Waals surface area contributed by atoms with Crippen LogP contribution in [0.5, 0.6) is 11.5 Å². The van der Waals surface area contributed by atoms with Crippen LogP contribution in [0.15, 0.2) is 36.4 Å².